The molecule has 0 aromatic carbocycles. The standard InChI is InChI=1S/C23H27FN6O3/c1-5-7-17(18(24)8-6-11-25)19-20-21(29(4)28-19)22(27-14-26-20)33-16-9-12-30(13-10-16)23(31)32-15(2)3/h5,7-8,14-16H,1,6,9-10,12-13H2,2-4H3/b17-7+,18-8+. The Labute approximate surface area is 191 Å². The molecule has 3 heterocycles. The van der Waals surface area contributed by atoms with Crippen molar-refractivity contribution in [3.8, 4) is 11.9 Å². The van der Waals surface area contributed by atoms with E-state index in [0.29, 0.717) is 48.5 Å². The molecule has 9 nitrogen and oxygen atoms in total. The molecule has 0 bridgehead atoms. The van der Waals surface area contributed by atoms with E-state index in [0.717, 1.165) is 0 Å². The van der Waals surface area contributed by atoms with Gasteiger partial charge in [0, 0.05) is 38.6 Å². The second-order valence-corrected chi connectivity index (χ2v) is 7.82. The number of carbonyl (C=O) groups excluding carboxylic acids is 1. The quantitative estimate of drug-likeness (QED) is 0.580. The molecule has 2 aromatic heterocycles. The SMILES string of the molecule is C=C/C=C(\C(F)=C/CC#N)c1nn(C)c2c(OC3CCN(C(=O)OC(C)C)CC3)ncnc12. The number of fused-ring (bicyclic) bond motifs is 1. The van der Waals surface area contributed by atoms with Crippen molar-refractivity contribution in [2.24, 2.45) is 7.05 Å². The van der Waals surface area contributed by atoms with Gasteiger partial charge in [0.1, 0.15) is 35.0 Å². The third kappa shape index (κ3) is 5.55. The second kappa shape index (κ2) is 10.7. The van der Waals surface area contributed by atoms with Crippen molar-refractivity contribution < 1.29 is 18.7 Å². The topological polar surface area (TPSA) is 106 Å². The summed E-state index contributed by atoms with van der Waals surface area (Å²) in [5, 5.41) is 13.2. The lowest BCUT2D eigenvalue weighted by molar-refractivity contribution is 0.0510. The van der Waals surface area contributed by atoms with Crippen LogP contribution < -0.4 is 4.74 Å². The fourth-order valence-corrected chi connectivity index (χ4v) is 3.57. The van der Waals surface area contributed by atoms with E-state index in [1.54, 1.807) is 16.6 Å². The summed E-state index contributed by atoms with van der Waals surface area (Å²) in [6.45, 7) is 8.31. The van der Waals surface area contributed by atoms with Crippen molar-refractivity contribution >= 4 is 22.7 Å². The molecule has 10 heteroatoms. The molecule has 3 rings (SSSR count). The molecule has 0 radical (unpaired) electrons. The molecule has 0 N–H and O–H groups in total. The molecule has 0 aliphatic carbocycles. The van der Waals surface area contributed by atoms with Crippen molar-refractivity contribution in [1.82, 2.24) is 24.6 Å². The highest BCUT2D eigenvalue weighted by molar-refractivity contribution is 5.93. The highest BCUT2D eigenvalue weighted by Crippen LogP contribution is 2.32. The van der Waals surface area contributed by atoms with Crippen LogP contribution in [0.15, 0.2) is 37.0 Å². The molecular weight excluding hydrogens is 427 g/mol. The van der Waals surface area contributed by atoms with Crippen LogP contribution in [-0.2, 0) is 11.8 Å². The van der Waals surface area contributed by atoms with Gasteiger partial charge in [-0.05, 0) is 19.9 Å². The van der Waals surface area contributed by atoms with Crippen molar-refractivity contribution in [3.63, 3.8) is 0 Å². The number of carbonyl (C=O) groups is 1. The van der Waals surface area contributed by atoms with Gasteiger partial charge < -0.3 is 14.4 Å². The van der Waals surface area contributed by atoms with Crippen LogP contribution in [0.3, 0.4) is 0 Å². The summed E-state index contributed by atoms with van der Waals surface area (Å²) in [5.74, 6) is -0.248. The highest BCUT2D eigenvalue weighted by Gasteiger charge is 2.27. The summed E-state index contributed by atoms with van der Waals surface area (Å²) in [5.41, 5.74) is 1.43. The number of hydrogen-bond acceptors (Lipinski definition) is 7. The van der Waals surface area contributed by atoms with E-state index < -0.39 is 5.83 Å². The van der Waals surface area contributed by atoms with E-state index in [1.807, 2.05) is 19.9 Å². The Bertz CT molecular complexity index is 1120. The van der Waals surface area contributed by atoms with Crippen LogP contribution in [0.4, 0.5) is 9.18 Å². The third-order valence-corrected chi connectivity index (χ3v) is 5.07. The summed E-state index contributed by atoms with van der Waals surface area (Å²) in [6, 6.07) is 1.89. The predicted molar refractivity (Wildman–Crippen MR) is 121 cm³/mol. The summed E-state index contributed by atoms with van der Waals surface area (Å²) >= 11 is 0. The smallest absolute Gasteiger partial charge is 0.410 e. The number of nitrogens with zero attached hydrogens (tertiary/aromatic N) is 6. The molecule has 0 unspecified atom stereocenters. The lowest BCUT2D eigenvalue weighted by Gasteiger charge is -2.31. The fraction of sp³-hybridized carbons (Fsp3) is 0.435. The first kappa shape index (κ1) is 23.9. The van der Waals surface area contributed by atoms with Crippen molar-refractivity contribution in [3.05, 3.63) is 42.7 Å². The van der Waals surface area contributed by atoms with Crippen molar-refractivity contribution in [1.29, 1.82) is 5.26 Å². The van der Waals surface area contributed by atoms with Gasteiger partial charge in [-0.25, -0.2) is 14.2 Å². The van der Waals surface area contributed by atoms with Gasteiger partial charge in [0.25, 0.3) is 0 Å². The Morgan fingerprint density at radius 1 is 1.39 bits per heavy atom. The Hall–Kier alpha value is -3.74. The maximum atomic E-state index is 14.7. The first-order valence-corrected chi connectivity index (χ1v) is 10.7. The molecule has 1 aliphatic rings. The Morgan fingerprint density at radius 2 is 2.12 bits per heavy atom. The van der Waals surface area contributed by atoms with Gasteiger partial charge in [0.15, 0.2) is 0 Å². The number of amides is 1. The minimum atomic E-state index is -0.585. The number of aromatic nitrogens is 4. The number of rotatable bonds is 7. The molecule has 1 amide bonds. The van der Waals surface area contributed by atoms with Crippen LogP contribution in [0.5, 0.6) is 5.88 Å². The second-order valence-electron chi connectivity index (χ2n) is 7.82. The van der Waals surface area contributed by atoms with Crippen LogP contribution in [0.25, 0.3) is 16.6 Å². The van der Waals surface area contributed by atoms with Crippen LogP contribution >= 0.6 is 0 Å². The summed E-state index contributed by atoms with van der Waals surface area (Å²) in [7, 11) is 1.70. The van der Waals surface area contributed by atoms with E-state index in [2.05, 4.69) is 21.6 Å². The summed E-state index contributed by atoms with van der Waals surface area (Å²) < 4.78 is 27.7. The van der Waals surface area contributed by atoms with E-state index in [-0.39, 0.29) is 30.3 Å². The van der Waals surface area contributed by atoms with Crippen molar-refractivity contribution in [2.75, 3.05) is 13.1 Å². The average Bonchev–Trinajstić information content (AvgIpc) is 3.13. The van der Waals surface area contributed by atoms with Gasteiger partial charge in [-0.3, -0.25) is 4.68 Å². The van der Waals surface area contributed by atoms with E-state index in [1.165, 1.54) is 24.6 Å². The first-order valence-electron chi connectivity index (χ1n) is 10.7. The lowest BCUT2D eigenvalue weighted by Crippen LogP contribution is -2.42. The zero-order chi connectivity index (χ0) is 24.0. The average molecular weight is 455 g/mol. The zero-order valence-corrected chi connectivity index (χ0v) is 19.0. The number of hydrogen-bond donors (Lipinski definition) is 0. The fourth-order valence-electron chi connectivity index (χ4n) is 3.57. The molecule has 1 fully saturated rings. The number of allylic oxidation sites excluding steroid dienone is 5. The minimum Gasteiger partial charge on any atom is -0.473 e. The van der Waals surface area contributed by atoms with E-state index >= 15 is 0 Å². The van der Waals surface area contributed by atoms with Crippen LogP contribution in [0, 0.1) is 11.3 Å². The number of halogens is 1. The van der Waals surface area contributed by atoms with Crippen LogP contribution in [-0.4, -0.2) is 56.0 Å². The van der Waals surface area contributed by atoms with Crippen LogP contribution in [0.1, 0.15) is 38.8 Å². The minimum absolute atomic E-state index is 0.0716. The lowest BCUT2D eigenvalue weighted by atomic mass is 10.1. The van der Waals surface area contributed by atoms with E-state index in [9.17, 15) is 9.18 Å². The highest BCUT2D eigenvalue weighted by atomic mass is 19.1. The molecule has 174 valence electrons. The maximum absolute atomic E-state index is 14.7. The molecule has 0 spiro atoms. The van der Waals surface area contributed by atoms with Gasteiger partial charge in [-0.15, -0.1) is 0 Å². The van der Waals surface area contributed by atoms with Gasteiger partial charge in [-0.2, -0.15) is 15.3 Å². The predicted octanol–water partition coefficient (Wildman–Crippen LogP) is 4.09. The number of piperidine rings is 1. The molecule has 2 aromatic rings. The molecule has 33 heavy (non-hydrogen) atoms. The third-order valence-electron chi connectivity index (χ3n) is 5.07. The number of likely N-dealkylation sites (tertiary alicyclic amines) is 1. The normalized spacial score (nSPS) is 15.6. The van der Waals surface area contributed by atoms with Gasteiger partial charge in [-0.1, -0.05) is 18.7 Å². The summed E-state index contributed by atoms with van der Waals surface area (Å²) in [6.07, 6.45) is 6.00. The maximum Gasteiger partial charge on any atom is 0.410 e. The first-order chi connectivity index (χ1) is 15.8. The number of ether oxygens (including phenoxy) is 2. The van der Waals surface area contributed by atoms with Crippen LogP contribution in [0.2, 0.25) is 0 Å². The Balaban J connectivity index is 1.84. The summed E-state index contributed by atoms with van der Waals surface area (Å²) in [4.78, 5) is 22.4. The number of aryl methyl sites for hydroxylation is 1. The van der Waals surface area contributed by atoms with Gasteiger partial charge >= 0.3 is 6.09 Å². The molecule has 1 saturated heterocycles. The Kier molecular flexibility index (Phi) is 7.77. The van der Waals surface area contributed by atoms with Gasteiger partial charge in [0.05, 0.1) is 18.6 Å². The van der Waals surface area contributed by atoms with Crippen molar-refractivity contribution in [2.45, 2.75) is 45.3 Å². The Morgan fingerprint density at radius 3 is 2.76 bits per heavy atom. The molecule has 0 atom stereocenters. The molecule has 1 aliphatic heterocycles. The number of nitriles is 1. The largest absolute Gasteiger partial charge is 0.473 e. The van der Waals surface area contributed by atoms with Gasteiger partial charge in [0.2, 0.25) is 5.88 Å². The molecular formula is C23H27FN6O3. The monoisotopic (exact) mass is 454 g/mol. The molecule has 0 saturated carbocycles. The zero-order valence-electron chi connectivity index (χ0n) is 19.0. The van der Waals surface area contributed by atoms with E-state index in [4.69, 9.17) is 14.7 Å².